The van der Waals surface area contributed by atoms with Crippen molar-refractivity contribution in [3.8, 4) is 11.3 Å². The van der Waals surface area contributed by atoms with Crippen molar-refractivity contribution >= 4 is 33.2 Å². The molecule has 7 heteroatoms. The van der Waals surface area contributed by atoms with E-state index >= 15 is 0 Å². The first-order valence-corrected chi connectivity index (χ1v) is 12.6. The smallest absolute Gasteiger partial charge is 0.175 e. The first kappa shape index (κ1) is 20.5. The molecule has 0 spiro atoms. The van der Waals surface area contributed by atoms with Crippen LogP contribution < -0.4 is 0 Å². The minimum atomic E-state index is -3.22. The highest BCUT2D eigenvalue weighted by atomic mass is 35.5. The molecule has 1 fully saturated rings. The lowest BCUT2D eigenvalue weighted by atomic mass is 9.85. The van der Waals surface area contributed by atoms with E-state index in [1.54, 1.807) is 23.9 Å². The molecule has 1 aromatic heterocycles. The van der Waals surface area contributed by atoms with Crippen molar-refractivity contribution < 1.29 is 8.42 Å². The van der Waals surface area contributed by atoms with Gasteiger partial charge in [0.25, 0.3) is 0 Å². The molecule has 1 aliphatic carbocycles. The van der Waals surface area contributed by atoms with Crippen LogP contribution in [0.25, 0.3) is 11.3 Å². The van der Waals surface area contributed by atoms with Gasteiger partial charge in [-0.25, -0.2) is 13.4 Å². The molecular weight excluding hydrogens is 424 g/mol. The van der Waals surface area contributed by atoms with Crippen LogP contribution in [0.15, 0.2) is 57.3 Å². The Balaban J connectivity index is 1.78. The minimum absolute atomic E-state index is 0.318. The number of rotatable bonds is 5. The van der Waals surface area contributed by atoms with E-state index in [-0.39, 0.29) is 0 Å². The average molecular weight is 447 g/mol. The number of imidazole rings is 1. The molecule has 4 nitrogen and oxygen atoms in total. The topological polar surface area (TPSA) is 52.0 Å². The quantitative estimate of drug-likeness (QED) is 0.491. The van der Waals surface area contributed by atoms with Gasteiger partial charge in [-0.05, 0) is 55.7 Å². The Morgan fingerprint density at radius 3 is 2.38 bits per heavy atom. The summed E-state index contributed by atoms with van der Waals surface area (Å²) in [6.07, 6.45) is 4.80. The number of hydrogen-bond acceptors (Lipinski definition) is 4. The molecule has 1 aliphatic rings. The highest BCUT2D eigenvalue weighted by Crippen LogP contribution is 2.42. The van der Waals surface area contributed by atoms with Crippen molar-refractivity contribution in [3.63, 3.8) is 0 Å². The maximum atomic E-state index is 11.8. The van der Waals surface area contributed by atoms with Gasteiger partial charge in [-0.2, -0.15) is 0 Å². The van der Waals surface area contributed by atoms with Crippen molar-refractivity contribution in [2.24, 2.45) is 7.05 Å². The fourth-order valence-corrected chi connectivity index (χ4v) is 5.32. The third kappa shape index (κ3) is 4.11. The number of nitrogens with zero attached hydrogens (tertiary/aromatic N) is 2. The van der Waals surface area contributed by atoms with E-state index in [1.807, 2.05) is 31.2 Å². The number of sulfone groups is 1. The number of halogens is 1. The lowest BCUT2D eigenvalue weighted by molar-refractivity contribution is 0.390. The molecule has 3 aromatic rings. The van der Waals surface area contributed by atoms with E-state index in [4.69, 9.17) is 16.6 Å². The zero-order valence-corrected chi connectivity index (χ0v) is 19.0. The van der Waals surface area contributed by atoms with E-state index in [0.29, 0.717) is 10.8 Å². The lowest BCUT2D eigenvalue weighted by Gasteiger charge is -2.24. The molecule has 2 aromatic carbocycles. The minimum Gasteiger partial charge on any atom is -0.325 e. The first-order valence-electron chi connectivity index (χ1n) is 9.55. The fraction of sp³-hybridized carbons (Fsp3) is 0.318. The molecule has 29 heavy (non-hydrogen) atoms. The second-order valence-electron chi connectivity index (χ2n) is 7.62. The van der Waals surface area contributed by atoms with Crippen LogP contribution in [0.5, 0.6) is 0 Å². The number of benzene rings is 2. The van der Waals surface area contributed by atoms with Crippen LogP contribution in [-0.2, 0) is 16.9 Å². The normalized spacial score (nSPS) is 14.8. The van der Waals surface area contributed by atoms with Crippen LogP contribution in [0.3, 0.4) is 0 Å². The number of aromatic nitrogens is 2. The van der Waals surface area contributed by atoms with Gasteiger partial charge < -0.3 is 4.57 Å². The monoisotopic (exact) mass is 446 g/mol. The van der Waals surface area contributed by atoms with Crippen molar-refractivity contribution in [2.45, 2.75) is 46.9 Å². The summed E-state index contributed by atoms with van der Waals surface area (Å²) < 4.78 is 25.8. The molecular formula is C22H23ClN2O2S2. The second-order valence-corrected chi connectivity index (χ2v) is 11.1. The Morgan fingerprint density at radius 2 is 1.83 bits per heavy atom. The Labute approximate surface area is 181 Å². The Bertz CT molecular complexity index is 1160. The second kappa shape index (κ2) is 7.82. The molecule has 1 heterocycles. The Morgan fingerprint density at radius 1 is 1.14 bits per heavy atom. The standard InChI is InChI=1S/C22H23ClN2O2S2/c1-14-13-17(9-12-19(14)23)28-22-20(24-21(25(22)2)16-5-4-6-16)15-7-10-18(11-8-15)29(3,26)27/h7-13,16H,4-6H2,1-3H3. The highest BCUT2D eigenvalue weighted by Gasteiger charge is 2.27. The first-order chi connectivity index (χ1) is 13.7. The zero-order valence-electron chi connectivity index (χ0n) is 16.6. The third-order valence-corrected chi connectivity index (χ3v) is 8.15. The summed E-state index contributed by atoms with van der Waals surface area (Å²) in [6.45, 7) is 2.00. The van der Waals surface area contributed by atoms with Gasteiger partial charge in [-0.3, -0.25) is 0 Å². The van der Waals surface area contributed by atoms with Crippen LogP contribution in [0, 0.1) is 6.92 Å². The lowest BCUT2D eigenvalue weighted by Crippen LogP contribution is -2.14. The van der Waals surface area contributed by atoms with Crippen LogP contribution in [-0.4, -0.2) is 24.2 Å². The molecule has 0 unspecified atom stereocenters. The summed E-state index contributed by atoms with van der Waals surface area (Å²) in [6, 6.07) is 13.0. The van der Waals surface area contributed by atoms with Crippen LogP contribution in [0.4, 0.5) is 0 Å². The predicted molar refractivity (Wildman–Crippen MR) is 119 cm³/mol. The molecule has 0 atom stereocenters. The van der Waals surface area contributed by atoms with E-state index in [1.165, 1.54) is 25.5 Å². The van der Waals surface area contributed by atoms with Gasteiger partial charge in [0.15, 0.2) is 9.84 Å². The largest absolute Gasteiger partial charge is 0.325 e. The molecule has 0 N–H and O–H groups in total. The molecule has 0 radical (unpaired) electrons. The maximum Gasteiger partial charge on any atom is 0.175 e. The third-order valence-electron chi connectivity index (χ3n) is 5.45. The van der Waals surface area contributed by atoms with E-state index in [9.17, 15) is 8.42 Å². The summed E-state index contributed by atoms with van der Waals surface area (Å²) in [5.41, 5.74) is 2.86. The summed E-state index contributed by atoms with van der Waals surface area (Å²) in [4.78, 5) is 6.42. The van der Waals surface area contributed by atoms with Gasteiger partial charge >= 0.3 is 0 Å². The molecule has 1 saturated carbocycles. The van der Waals surface area contributed by atoms with E-state index < -0.39 is 9.84 Å². The van der Waals surface area contributed by atoms with Crippen molar-refractivity contribution in [1.29, 1.82) is 0 Å². The van der Waals surface area contributed by atoms with Gasteiger partial charge in [-0.15, -0.1) is 0 Å². The Hall–Kier alpha value is -1.76. The summed E-state index contributed by atoms with van der Waals surface area (Å²) in [7, 11) is -1.15. The SMILES string of the molecule is Cc1cc(Sc2c(-c3ccc(S(C)(=O)=O)cc3)nc(C3CCC3)n2C)ccc1Cl. The molecule has 0 amide bonds. The van der Waals surface area contributed by atoms with Crippen molar-refractivity contribution in [2.75, 3.05) is 6.26 Å². The van der Waals surface area contributed by atoms with Crippen LogP contribution in [0.1, 0.15) is 36.6 Å². The van der Waals surface area contributed by atoms with Gasteiger partial charge in [0.1, 0.15) is 16.5 Å². The summed E-state index contributed by atoms with van der Waals surface area (Å²) in [5, 5.41) is 1.81. The van der Waals surface area contributed by atoms with Crippen LogP contribution >= 0.6 is 23.4 Å². The molecule has 0 aliphatic heterocycles. The van der Waals surface area contributed by atoms with Crippen molar-refractivity contribution in [3.05, 3.63) is 58.9 Å². The van der Waals surface area contributed by atoms with Gasteiger partial charge in [-0.1, -0.05) is 41.9 Å². The zero-order chi connectivity index (χ0) is 20.8. The molecule has 152 valence electrons. The number of aryl methyl sites for hydroxylation is 1. The van der Waals surface area contributed by atoms with Gasteiger partial charge in [0.05, 0.1) is 4.90 Å². The summed E-state index contributed by atoms with van der Waals surface area (Å²) in [5.74, 6) is 1.60. The fourth-order valence-electron chi connectivity index (χ4n) is 3.49. The van der Waals surface area contributed by atoms with Crippen molar-refractivity contribution in [1.82, 2.24) is 9.55 Å². The molecule has 0 bridgehead atoms. The van der Waals surface area contributed by atoms with Gasteiger partial charge in [0.2, 0.25) is 0 Å². The molecule has 0 saturated heterocycles. The van der Waals surface area contributed by atoms with Gasteiger partial charge in [0, 0.05) is 34.7 Å². The van der Waals surface area contributed by atoms with E-state index in [0.717, 1.165) is 37.6 Å². The maximum absolute atomic E-state index is 11.8. The Kier molecular flexibility index (Phi) is 5.53. The highest BCUT2D eigenvalue weighted by molar-refractivity contribution is 7.99. The van der Waals surface area contributed by atoms with Crippen LogP contribution in [0.2, 0.25) is 5.02 Å². The van der Waals surface area contributed by atoms with E-state index in [2.05, 4.69) is 17.7 Å². The predicted octanol–water partition coefficient (Wildman–Crippen LogP) is 5.87. The average Bonchev–Trinajstić information content (AvgIpc) is 2.93. The molecule has 4 rings (SSSR count). The summed E-state index contributed by atoms with van der Waals surface area (Å²) >= 11 is 7.85. The number of hydrogen-bond donors (Lipinski definition) is 0.